The molecule has 0 aliphatic carbocycles. The number of aliphatic carboxylic acids is 1. The number of hydrogen-bond donors (Lipinski definition) is 1. The van der Waals surface area contributed by atoms with E-state index < -0.39 is 11.8 Å². The van der Waals surface area contributed by atoms with Crippen LogP contribution in [0, 0.1) is 0 Å². The quantitative estimate of drug-likeness (QED) is 0.461. The van der Waals surface area contributed by atoms with Crippen LogP contribution in [0.25, 0.3) is 0 Å². The van der Waals surface area contributed by atoms with Gasteiger partial charge in [-0.3, -0.25) is 4.79 Å². The highest BCUT2D eigenvalue weighted by Gasteiger charge is 2.13. The van der Waals surface area contributed by atoms with Gasteiger partial charge in [0.05, 0.1) is 0 Å². The van der Waals surface area contributed by atoms with Crippen molar-refractivity contribution in [1.82, 2.24) is 0 Å². The maximum absolute atomic E-state index is 10.9. The van der Waals surface area contributed by atoms with Gasteiger partial charge in [0.1, 0.15) is 5.75 Å². The number of carboxylic acid groups (broad SMARTS) is 1. The largest absolute Gasteiger partial charge is 0.475 e. The topological polar surface area (TPSA) is 63.6 Å². The number of rotatable bonds is 4. The molecule has 0 radical (unpaired) electrons. The lowest BCUT2D eigenvalue weighted by atomic mass is 10.1. The molecule has 1 aromatic carbocycles. The molecule has 0 bridgehead atoms. The lowest BCUT2D eigenvalue weighted by Crippen LogP contribution is -2.12. The highest BCUT2D eigenvalue weighted by Crippen LogP contribution is 2.11. The van der Waals surface area contributed by atoms with Crippen molar-refractivity contribution in [2.75, 3.05) is 0 Å². The average molecular weight is 210 g/mol. The molecule has 0 aliphatic rings. The van der Waals surface area contributed by atoms with Crippen LogP contribution in [0.1, 0.15) is 10.4 Å². The Bertz CT molecular complexity index is 369. The fourth-order valence-corrected chi connectivity index (χ4v) is 0.975. The fraction of sp³-hybridized carbons (Fsp3) is 0. The zero-order valence-electron chi connectivity index (χ0n) is 6.97. The summed E-state index contributed by atoms with van der Waals surface area (Å²) >= 11 is 4.45. The minimum atomic E-state index is -1.48. The fourth-order valence-electron chi connectivity index (χ4n) is 0.864. The molecule has 4 nitrogen and oxygen atoms in total. The molecule has 1 aromatic rings. The summed E-state index contributed by atoms with van der Waals surface area (Å²) in [5.41, 5.74) is 1.18. The molecule has 14 heavy (non-hydrogen) atoms. The number of ether oxygens (including phenoxy) is 1. The molecule has 0 saturated heterocycles. The summed E-state index contributed by atoms with van der Waals surface area (Å²) in [6.07, 6.45) is 0. The SMILES string of the molecule is O=C(O)C(=O)c1ccc(OC=S)cc1. The van der Waals surface area contributed by atoms with Crippen molar-refractivity contribution in [2.24, 2.45) is 0 Å². The van der Waals surface area contributed by atoms with Crippen LogP contribution in [0.2, 0.25) is 0 Å². The summed E-state index contributed by atoms with van der Waals surface area (Å²) in [7, 11) is 0. The summed E-state index contributed by atoms with van der Waals surface area (Å²) in [5, 5.41) is 8.40. The molecule has 0 aromatic heterocycles. The van der Waals surface area contributed by atoms with Crippen LogP contribution in [-0.2, 0) is 4.79 Å². The first kappa shape index (κ1) is 10.3. The number of benzene rings is 1. The van der Waals surface area contributed by atoms with E-state index in [1.54, 1.807) is 0 Å². The van der Waals surface area contributed by atoms with Gasteiger partial charge in [0.2, 0.25) is 0 Å². The second kappa shape index (κ2) is 4.48. The third-order valence-electron chi connectivity index (χ3n) is 1.49. The Hall–Kier alpha value is -1.75. The first-order valence-electron chi connectivity index (χ1n) is 3.63. The number of Topliss-reactive ketones (excluding diaryl/α,β-unsaturated/α-hetero) is 1. The molecular weight excluding hydrogens is 204 g/mol. The Morgan fingerprint density at radius 3 is 2.29 bits per heavy atom. The van der Waals surface area contributed by atoms with Gasteiger partial charge in [0.25, 0.3) is 5.78 Å². The smallest absolute Gasteiger partial charge is 0.377 e. The summed E-state index contributed by atoms with van der Waals surface area (Å²) in [6.45, 7) is 0. The molecule has 5 heteroatoms. The van der Waals surface area contributed by atoms with Crippen molar-refractivity contribution in [3.05, 3.63) is 29.8 Å². The van der Waals surface area contributed by atoms with Gasteiger partial charge in [-0.05, 0) is 36.5 Å². The summed E-state index contributed by atoms with van der Waals surface area (Å²) < 4.78 is 4.83. The number of ketones is 1. The predicted molar refractivity (Wildman–Crippen MR) is 52.7 cm³/mol. The summed E-state index contributed by atoms with van der Waals surface area (Å²) in [6, 6.07) is 5.67. The second-order valence-corrected chi connectivity index (χ2v) is 2.57. The highest BCUT2D eigenvalue weighted by molar-refractivity contribution is 7.78. The van der Waals surface area contributed by atoms with Gasteiger partial charge < -0.3 is 9.84 Å². The van der Waals surface area contributed by atoms with Crippen molar-refractivity contribution < 1.29 is 19.4 Å². The maximum Gasteiger partial charge on any atom is 0.377 e. The van der Waals surface area contributed by atoms with Crippen molar-refractivity contribution in [3.63, 3.8) is 0 Å². The van der Waals surface area contributed by atoms with E-state index >= 15 is 0 Å². The van der Waals surface area contributed by atoms with Gasteiger partial charge in [0, 0.05) is 5.56 Å². The van der Waals surface area contributed by atoms with Crippen LogP contribution in [0.3, 0.4) is 0 Å². The van der Waals surface area contributed by atoms with Gasteiger partial charge in [-0.2, -0.15) is 0 Å². The van der Waals surface area contributed by atoms with Gasteiger partial charge in [-0.15, -0.1) is 0 Å². The molecule has 0 spiro atoms. The van der Waals surface area contributed by atoms with Crippen LogP contribution in [0.5, 0.6) is 5.75 Å². The van der Waals surface area contributed by atoms with E-state index in [4.69, 9.17) is 9.84 Å². The minimum Gasteiger partial charge on any atom is -0.475 e. The first-order chi connectivity index (χ1) is 6.65. The Morgan fingerprint density at radius 1 is 1.29 bits per heavy atom. The van der Waals surface area contributed by atoms with Gasteiger partial charge in [0.15, 0.2) is 5.55 Å². The lowest BCUT2D eigenvalue weighted by Gasteiger charge is -1.99. The van der Waals surface area contributed by atoms with Crippen LogP contribution < -0.4 is 4.74 Å². The summed E-state index contributed by atoms with van der Waals surface area (Å²) in [5.74, 6) is -1.96. The standard InChI is InChI=1S/C9H6O4S/c10-8(9(11)12)6-1-3-7(4-2-6)13-5-14/h1-5H,(H,11,12). The normalized spacial score (nSPS) is 9.14. The van der Waals surface area contributed by atoms with Crippen molar-refractivity contribution >= 4 is 29.5 Å². The van der Waals surface area contributed by atoms with Crippen molar-refractivity contribution in [1.29, 1.82) is 0 Å². The first-order valence-corrected chi connectivity index (χ1v) is 4.10. The van der Waals surface area contributed by atoms with Crippen LogP contribution in [-0.4, -0.2) is 22.4 Å². The maximum atomic E-state index is 10.9. The van der Waals surface area contributed by atoms with Crippen molar-refractivity contribution in [3.8, 4) is 5.75 Å². The van der Waals surface area contributed by atoms with Crippen LogP contribution >= 0.6 is 12.2 Å². The van der Waals surface area contributed by atoms with E-state index in [-0.39, 0.29) is 5.56 Å². The number of carbonyl (C=O) groups excluding carboxylic acids is 1. The number of carboxylic acids is 1. The lowest BCUT2D eigenvalue weighted by molar-refractivity contribution is -0.131. The zero-order valence-corrected chi connectivity index (χ0v) is 7.78. The average Bonchev–Trinajstić information content (AvgIpc) is 2.18. The molecule has 0 unspecified atom stereocenters. The van der Waals surface area contributed by atoms with E-state index in [9.17, 15) is 9.59 Å². The zero-order chi connectivity index (χ0) is 10.6. The molecule has 0 saturated carbocycles. The van der Waals surface area contributed by atoms with E-state index in [1.165, 1.54) is 24.3 Å². The molecule has 1 N–H and O–H groups in total. The number of thiocarbonyl (C=S) groups is 1. The second-order valence-electron chi connectivity index (χ2n) is 2.37. The Kier molecular flexibility index (Phi) is 3.30. The molecule has 0 atom stereocenters. The summed E-state index contributed by atoms with van der Waals surface area (Å²) in [4.78, 5) is 21.3. The molecular formula is C9H6O4S. The number of carbonyl (C=O) groups is 2. The van der Waals surface area contributed by atoms with Gasteiger partial charge >= 0.3 is 5.97 Å². The Morgan fingerprint density at radius 2 is 1.86 bits per heavy atom. The van der Waals surface area contributed by atoms with Gasteiger partial charge in [-0.25, -0.2) is 4.79 Å². The van der Waals surface area contributed by atoms with E-state index in [1.807, 2.05) is 0 Å². The van der Waals surface area contributed by atoms with Gasteiger partial charge in [-0.1, -0.05) is 0 Å². The van der Waals surface area contributed by atoms with Crippen LogP contribution in [0.4, 0.5) is 0 Å². The highest BCUT2D eigenvalue weighted by atomic mass is 32.1. The predicted octanol–water partition coefficient (Wildman–Crippen LogP) is 1.29. The Balaban J connectivity index is 2.88. The van der Waals surface area contributed by atoms with Crippen molar-refractivity contribution in [2.45, 2.75) is 0 Å². The third-order valence-corrected chi connectivity index (χ3v) is 1.59. The number of hydrogen-bond acceptors (Lipinski definition) is 4. The molecule has 0 amide bonds. The molecule has 72 valence electrons. The van der Waals surface area contributed by atoms with E-state index in [0.29, 0.717) is 5.75 Å². The van der Waals surface area contributed by atoms with E-state index in [2.05, 4.69) is 12.2 Å². The minimum absolute atomic E-state index is 0.106. The third kappa shape index (κ3) is 2.37. The molecule has 1 rings (SSSR count). The molecule has 0 fully saturated rings. The Labute approximate surface area is 85.1 Å². The molecule has 0 heterocycles. The van der Waals surface area contributed by atoms with E-state index in [0.717, 1.165) is 5.55 Å². The van der Waals surface area contributed by atoms with Crippen LogP contribution in [0.15, 0.2) is 24.3 Å². The monoisotopic (exact) mass is 210 g/mol. The molecule has 0 aliphatic heterocycles.